The average molecular weight is 342 g/mol. The van der Waals surface area contributed by atoms with E-state index >= 15 is 0 Å². The Hall–Kier alpha value is -1.47. The van der Waals surface area contributed by atoms with Gasteiger partial charge in [0.1, 0.15) is 5.01 Å². The predicted octanol–water partition coefficient (Wildman–Crippen LogP) is 2.73. The molecule has 1 aromatic rings. The molecule has 1 rings (SSSR count). The molecule has 0 aliphatic carbocycles. The molecule has 0 saturated heterocycles. The molecule has 130 valence electrons. The lowest BCUT2D eigenvalue weighted by Crippen LogP contribution is -2.32. The average Bonchev–Trinajstić information content (AvgIpc) is 2.94. The third kappa shape index (κ3) is 7.09. The van der Waals surface area contributed by atoms with Gasteiger partial charge in [-0.3, -0.25) is 4.79 Å². The number of carbonyl (C=O) groups is 2. The van der Waals surface area contributed by atoms with Gasteiger partial charge in [0.25, 0.3) is 0 Å². The van der Waals surface area contributed by atoms with Gasteiger partial charge < -0.3 is 14.4 Å². The molecule has 1 heterocycles. The molecule has 0 fully saturated rings. The molecule has 0 N–H and O–H groups in total. The van der Waals surface area contributed by atoms with Crippen LogP contribution in [0.1, 0.15) is 49.1 Å². The Kier molecular flexibility index (Phi) is 8.79. The van der Waals surface area contributed by atoms with Gasteiger partial charge in [-0.25, -0.2) is 9.78 Å². The highest BCUT2D eigenvalue weighted by atomic mass is 32.1. The van der Waals surface area contributed by atoms with Gasteiger partial charge in [-0.1, -0.05) is 13.8 Å². The molecule has 0 aliphatic heterocycles. The Balaban J connectivity index is 2.71. The monoisotopic (exact) mass is 342 g/mol. The standard InChI is InChI=1S/C16H26N2O4S/c1-5-22-16(20)13-11-23-14(17-13)10-18(7-6-8-21-4)15(19)9-12(2)3/h11-12H,5-10H2,1-4H3. The normalized spacial score (nSPS) is 10.8. The smallest absolute Gasteiger partial charge is 0.357 e. The van der Waals surface area contributed by atoms with Crippen LogP contribution in [0.5, 0.6) is 0 Å². The maximum Gasteiger partial charge on any atom is 0.357 e. The minimum atomic E-state index is -0.422. The number of amides is 1. The van der Waals surface area contributed by atoms with Crippen molar-refractivity contribution in [2.45, 2.75) is 40.2 Å². The second-order valence-electron chi connectivity index (χ2n) is 5.61. The molecular formula is C16H26N2O4S. The van der Waals surface area contributed by atoms with E-state index in [1.165, 1.54) is 11.3 Å². The second-order valence-corrected chi connectivity index (χ2v) is 6.55. The first kappa shape index (κ1) is 19.6. The van der Waals surface area contributed by atoms with Crippen LogP contribution in [-0.2, 0) is 20.8 Å². The van der Waals surface area contributed by atoms with Crippen molar-refractivity contribution in [1.29, 1.82) is 0 Å². The van der Waals surface area contributed by atoms with Crippen molar-refractivity contribution in [1.82, 2.24) is 9.88 Å². The second kappa shape index (κ2) is 10.3. The van der Waals surface area contributed by atoms with E-state index < -0.39 is 5.97 Å². The van der Waals surface area contributed by atoms with Gasteiger partial charge in [0.2, 0.25) is 5.91 Å². The van der Waals surface area contributed by atoms with Crippen LogP contribution in [0, 0.1) is 5.92 Å². The molecule has 7 heteroatoms. The summed E-state index contributed by atoms with van der Waals surface area (Å²) in [5.74, 6) is -0.0164. The highest BCUT2D eigenvalue weighted by Gasteiger charge is 2.18. The number of ether oxygens (including phenoxy) is 2. The molecule has 0 spiro atoms. The van der Waals surface area contributed by atoms with Crippen LogP contribution in [0.3, 0.4) is 0 Å². The van der Waals surface area contributed by atoms with Crippen molar-refractivity contribution in [3.05, 3.63) is 16.1 Å². The quantitative estimate of drug-likeness (QED) is 0.483. The van der Waals surface area contributed by atoms with Crippen molar-refractivity contribution in [2.24, 2.45) is 5.92 Å². The summed E-state index contributed by atoms with van der Waals surface area (Å²) < 4.78 is 9.99. The highest BCUT2D eigenvalue weighted by Crippen LogP contribution is 2.15. The van der Waals surface area contributed by atoms with Gasteiger partial charge in [0, 0.05) is 32.1 Å². The summed E-state index contributed by atoms with van der Waals surface area (Å²) in [6.45, 7) is 7.76. The molecule has 23 heavy (non-hydrogen) atoms. The van der Waals surface area contributed by atoms with Crippen LogP contribution in [-0.4, -0.2) is 48.6 Å². The number of thiazole rings is 1. The Labute approximate surface area is 141 Å². The summed E-state index contributed by atoms with van der Waals surface area (Å²) in [7, 11) is 1.65. The Morgan fingerprint density at radius 2 is 2.13 bits per heavy atom. The summed E-state index contributed by atoms with van der Waals surface area (Å²) in [5, 5.41) is 2.41. The molecule has 1 amide bonds. The first-order valence-electron chi connectivity index (χ1n) is 7.86. The molecule has 0 atom stereocenters. The van der Waals surface area contributed by atoms with E-state index in [0.29, 0.717) is 44.3 Å². The molecule has 0 aromatic carbocycles. The number of carbonyl (C=O) groups excluding carboxylic acids is 2. The summed E-state index contributed by atoms with van der Waals surface area (Å²) in [6, 6.07) is 0. The Morgan fingerprint density at radius 1 is 1.39 bits per heavy atom. The van der Waals surface area contributed by atoms with E-state index in [1.807, 2.05) is 13.8 Å². The minimum Gasteiger partial charge on any atom is -0.461 e. The van der Waals surface area contributed by atoms with Gasteiger partial charge in [-0.05, 0) is 19.3 Å². The van der Waals surface area contributed by atoms with Crippen molar-refractivity contribution < 1.29 is 19.1 Å². The van der Waals surface area contributed by atoms with Gasteiger partial charge in [-0.2, -0.15) is 0 Å². The lowest BCUT2D eigenvalue weighted by Gasteiger charge is -2.22. The van der Waals surface area contributed by atoms with E-state index in [9.17, 15) is 9.59 Å². The zero-order valence-corrected chi connectivity index (χ0v) is 15.1. The van der Waals surface area contributed by atoms with Crippen molar-refractivity contribution >= 4 is 23.2 Å². The summed E-state index contributed by atoms with van der Waals surface area (Å²) in [4.78, 5) is 30.1. The number of hydrogen-bond donors (Lipinski definition) is 0. The van der Waals surface area contributed by atoms with Crippen molar-refractivity contribution in [3.63, 3.8) is 0 Å². The Bertz CT molecular complexity index is 502. The topological polar surface area (TPSA) is 68.7 Å². The zero-order valence-electron chi connectivity index (χ0n) is 14.3. The fourth-order valence-electron chi connectivity index (χ4n) is 2.02. The van der Waals surface area contributed by atoms with Crippen molar-refractivity contribution in [3.8, 4) is 0 Å². The van der Waals surface area contributed by atoms with Gasteiger partial charge in [0.15, 0.2) is 5.69 Å². The van der Waals surface area contributed by atoms with Gasteiger partial charge >= 0.3 is 5.97 Å². The van der Waals surface area contributed by atoms with E-state index in [2.05, 4.69) is 4.98 Å². The predicted molar refractivity (Wildman–Crippen MR) is 89.4 cm³/mol. The van der Waals surface area contributed by atoms with Crippen molar-refractivity contribution in [2.75, 3.05) is 26.9 Å². The van der Waals surface area contributed by atoms with E-state index in [4.69, 9.17) is 9.47 Å². The third-order valence-electron chi connectivity index (χ3n) is 3.07. The Morgan fingerprint density at radius 3 is 2.74 bits per heavy atom. The lowest BCUT2D eigenvalue weighted by atomic mass is 10.1. The molecule has 0 unspecified atom stereocenters. The van der Waals surface area contributed by atoms with E-state index in [1.54, 1.807) is 24.3 Å². The number of hydrogen-bond acceptors (Lipinski definition) is 6. The fourth-order valence-corrected chi connectivity index (χ4v) is 2.79. The number of esters is 1. The molecule has 1 aromatic heterocycles. The number of methoxy groups -OCH3 is 1. The van der Waals surface area contributed by atoms with Gasteiger partial charge in [0.05, 0.1) is 13.2 Å². The molecule has 0 aliphatic rings. The fraction of sp³-hybridized carbons (Fsp3) is 0.688. The minimum absolute atomic E-state index is 0.101. The maximum atomic E-state index is 12.4. The highest BCUT2D eigenvalue weighted by molar-refractivity contribution is 7.09. The van der Waals surface area contributed by atoms with E-state index in [0.717, 1.165) is 11.4 Å². The summed E-state index contributed by atoms with van der Waals surface area (Å²) in [6.07, 6.45) is 1.28. The van der Waals surface area contributed by atoms with Crippen LogP contribution in [0.25, 0.3) is 0 Å². The van der Waals surface area contributed by atoms with E-state index in [-0.39, 0.29) is 5.91 Å². The first-order valence-corrected chi connectivity index (χ1v) is 8.74. The van der Waals surface area contributed by atoms with Crippen LogP contribution in [0.15, 0.2) is 5.38 Å². The largest absolute Gasteiger partial charge is 0.461 e. The number of aromatic nitrogens is 1. The van der Waals surface area contributed by atoms with Crippen LogP contribution >= 0.6 is 11.3 Å². The number of rotatable bonds is 10. The zero-order chi connectivity index (χ0) is 17.2. The summed E-state index contributed by atoms with van der Waals surface area (Å²) in [5.41, 5.74) is 0.306. The molecule has 0 saturated carbocycles. The van der Waals surface area contributed by atoms with Crippen LogP contribution < -0.4 is 0 Å². The summed E-state index contributed by atoms with van der Waals surface area (Å²) >= 11 is 1.37. The number of nitrogens with zero attached hydrogens (tertiary/aromatic N) is 2. The molecule has 0 radical (unpaired) electrons. The molecular weight excluding hydrogens is 316 g/mol. The SMILES string of the molecule is CCOC(=O)c1csc(CN(CCCOC)C(=O)CC(C)C)n1. The lowest BCUT2D eigenvalue weighted by molar-refractivity contribution is -0.132. The van der Waals surface area contributed by atoms with Crippen LogP contribution in [0.2, 0.25) is 0 Å². The maximum absolute atomic E-state index is 12.4. The third-order valence-corrected chi connectivity index (χ3v) is 3.91. The molecule has 6 nitrogen and oxygen atoms in total. The molecule has 0 bridgehead atoms. The van der Waals surface area contributed by atoms with Crippen LogP contribution in [0.4, 0.5) is 0 Å². The first-order chi connectivity index (χ1) is 11.0. The van der Waals surface area contributed by atoms with Gasteiger partial charge in [-0.15, -0.1) is 11.3 Å².